The standard InChI is InChI=1S/C22H28N2O3S/c1-17-13-15-24(16-14-17)28(26,27)20-11-9-19(10-12-20)23-21(25)22(2,3)18-7-5-4-6-8-18/h4-12,17H,13-16H2,1-3H3,(H,23,25). The van der Waals surface area contributed by atoms with Crippen molar-refractivity contribution in [3.63, 3.8) is 0 Å². The van der Waals surface area contributed by atoms with E-state index in [-0.39, 0.29) is 10.8 Å². The Labute approximate surface area is 167 Å². The highest BCUT2D eigenvalue weighted by atomic mass is 32.2. The number of hydrogen-bond acceptors (Lipinski definition) is 3. The third kappa shape index (κ3) is 4.28. The van der Waals surface area contributed by atoms with E-state index < -0.39 is 15.4 Å². The van der Waals surface area contributed by atoms with Crippen LogP contribution in [0.25, 0.3) is 0 Å². The number of benzene rings is 2. The number of carbonyl (C=O) groups is 1. The molecule has 3 rings (SSSR count). The maximum absolute atomic E-state index is 12.8. The highest BCUT2D eigenvalue weighted by molar-refractivity contribution is 7.89. The third-order valence-electron chi connectivity index (χ3n) is 5.56. The molecule has 0 radical (unpaired) electrons. The Hall–Kier alpha value is -2.18. The van der Waals surface area contributed by atoms with E-state index in [1.54, 1.807) is 28.6 Å². The minimum atomic E-state index is -3.48. The normalized spacial score (nSPS) is 16.7. The van der Waals surface area contributed by atoms with E-state index in [0.717, 1.165) is 18.4 Å². The van der Waals surface area contributed by atoms with Crippen LogP contribution in [-0.4, -0.2) is 31.7 Å². The van der Waals surface area contributed by atoms with Crippen LogP contribution < -0.4 is 5.32 Å². The molecular formula is C22H28N2O3S. The van der Waals surface area contributed by atoms with Gasteiger partial charge in [0.1, 0.15) is 0 Å². The van der Waals surface area contributed by atoms with E-state index in [9.17, 15) is 13.2 Å². The summed E-state index contributed by atoms with van der Waals surface area (Å²) < 4.78 is 27.2. The van der Waals surface area contributed by atoms with Gasteiger partial charge in [0, 0.05) is 18.8 Å². The van der Waals surface area contributed by atoms with Crippen molar-refractivity contribution in [1.82, 2.24) is 4.31 Å². The van der Waals surface area contributed by atoms with Gasteiger partial charge < -0.3 is 5.32 Å². The number of nitrogens with one attached hydrogen (secondary N) is 1. The number of carbonyl (C=O) groups excluding carboxylic acids is 1. The van der Waals surface area contributed by atoms with Gasteiger partial charge in [0.2, 0.25) is 15.9 Å². The summed E-state index contributed by atoms with van der Waals surface area (Å²) in [7, 11) is -3.48. The minimum absolute atomic E-state index is 0.140. The summed E-state index contributed by atoms with van der Waals surface area (Å²) in [6.07, 6.45) is 1.78. The molecule has 2 aromatic rings. The Morgan fingerprint density at radius 3 is 2.14 bits per heavy atom. The minimum Gasteiger partial charge on any atom is -0.325 e. The van der Waals surface area contributed by atoms with Gasteiger partial charge in [-0.3, -0.25) is 4.79 Å². The van der Waals surface area contributed by atoms with Crippen LogP contribution in [0.3, 0.4) is 0 Å². The van der Waals surface area contributed by atoms with Crippen molar-refractivity contribution >= 4 is 21.6 Å². The summed E-state index contributed by atoms with van der Waals surface area (Å²) in [5, 5.41) is 2.90. The largest absolute Gasteiger partial charge is 0.325 e. The number of nitrogens with zero attached hydrogens (tertiary/aromatic N) is 1. The van der Waals surface area contributed by atoms with E-state index in [4.69, 9.17) is 0 Å². The first-order valence-corrected chi connectivity index (χ1v) is 11.1. The fourth-order valence-electron chi connectivity index (χ4n) is 3.36. The molecule has 0 saturated carbocycles. The van der Waals surface area contributed by atoms with Gasteiger partial charge >= 0.3 is 0 Å². The molecule has 1 fully saturated rings. The fraction of sp³-hybridized carbons (Fsp3) is 0.409. The Balaban J connectivity index is 1.71. The van der Waals surface area contributed by atoms with E-state index in [1.165, 1.54) is 0 Å². The van der Waals surface area contributed by atoms with Crippen molar-refractivity contribution in [1.29, 1.82) is 0 Å². The lowest BCUT2D eigenvalue weighted by Gasteiger charge is -2.29. The van der Waals surface area contributed by atoms with E-state index in [2.05, 4.69) is 12.2 Å². The smallest absolute Gasteiger partial charge is 0.243 e. The second kappa shape index (κ2) is 8.05. The first-order chi connectivity index (χ1) is 13.2. The van der Waals surface area contributed by atoms with Crippen LogP contribution in [0.5, 0.6) is 0 Å². The van der Waals surface area contributed by atoms with Gasteiger partial charge in [-0.1, -0.05) is 37.3 Å². The summed E-state index contributed by atoms with van der Waals surface area (Å²) in [5.74, 6) is 0.427. The van der Waals surface area contributed by atoms with Gasteiger partial charge in [-0.2, -0.15) is 4.31 Å². The average Bonchev–Trinajstić information content (AvgIpc) is 2.69. The van der Waals surface area contributed by atoms with Crippen LogP contribution in [0.4, 0.5) is 5.69 Å². The molecule has 1 aliphatic rings. The maximum Gasteiger partial charge on any atom is 0.243 e. The van der Waals surface area contributed by atoms with E-state index in [1.807, 2.05) is 44.2 Å². The van der Waals surface area contributed by atoms with Crippen molar-refractivity contribution in [2.45, 2.75) is 43.9 Å². The van der Waals surface area contributed by atoms with E-state index >= 15 is 0 Å². The van der Waals surface area contributed by atoms with Crippen LogP contribution in [0.2, 0.25) is 0 Å². The molecule has 1 aliphatic heterocycles. The zero-order valence-corrected chi connectivity index (χ0v) is 17.5. The molecule has 0 bridgehead atoms. The number of sulfonamides is 1. The molecule has 1 heterocycles. The number of piperidine rings is 1. The summed E-state index contributed by atoms with van der Waals surface area (Å²) in [4.78, 5) is 13.0. The molecule has 1 amide bonds. The van der Waals surface area contributed by atoms with Crippen LogP contribution in [-0.2, 0) is 20.2 Å². The van der Waals surface area contributed by atoms with Gasteiger partial charge in [0.25, 0.3) is 0 Å². The first-order valence-electron chi connectivity index (χ1n) is 9.68. The van der Waals surface area contributed by atoms with Crippen LogP contribution >= 0.6 is 0 Å². The molecular weight excluding hydrogens is 372 g/mol. The molecule has 6 heteroatoms. The van der Waals surface area contributed by atoms with Gasteiger partial charge in [-0.15, -0.1) is 0 Å². The van der Waals surface area contributed by atoms with Crippen molar-refractivity contribution in [2.24, 2.45) is 5.92 Å². The van der Waals surface area contributed by atoms with Crippen LogP contribution in [0.15, 0.2) is 59.5 Å². The predicted molar refractivity (Wildman–Crippen MR) is 112 cm³/mol. The summed E-state index contributed by atoms with van der Waals surface area (Å²) in [5.41, 5.74) is 0.808. The molecule has 0 aliphatic carbocycles. The van der Waals surface area contributed by atoms with Crippen molar-refractivity contribution in [2.75, 3.05) is 18.4 Å². The molecule has 1 saturated heterocycles. The average molecular weight is 401 g/mol. The lowest BCUT2D eigenvalue weighted by molar-refractivity contribution is -0.120. The zero-order chi connectivity index (χ0) is 20.4. The van der Waals surface area contributed by atoms with Gasteiger partial charge in [-0.25, -0.2) is 8.42 Å². The zero-order valence-electron chi connectivity index (χ0n) is 16.7. The van der Waals surface area contributed by atoms with Crippen LogP contribution in [0, 0.1) is 5.92 Å². The van der Waals surface area contributed by atoms with E-state index in [0.29, 0.717) is 24.7 Å². The fourth-order valence-corrected chi connectivity index (χ4v) is 4.83. The second-order valence-corrected chi connectivity index (χ2v) is 9.99. The predicted octanol–water partition coefficient (Wildman–Crippen LogP) is 4.02. The molecule has 28 heavy (non-hydrogen) atoms. The number of amides is 1. The van der Waals surface area contributed by atoms with Crippen LogP contribution in [0.1, 0.15) is 39.2 Å². The second-order valence-electron chi connectivity index (χ2n) is 8.06. The molecule has 2 aromatic carbocycles. The highest BCUT2D eigenvalue weighted by Crippen LogP contribution is 2.27. The maximum atomic E-state index is 12.8. The number of rotatable bonds is 5. The van der Waals surface area contributed by atoms with Gasteiger partial charge in [-0.05, 0) is 62.4 Å². The molecule has 150 valence electrons. The number of hydrogen-bond donors (Lipinski definition) is 1. The Morgan fingerprint density at radius 1 is 1.00 bits per heavy atom. The SMILES string of the molecule is CC1CCN(S(=O)(=O)c2ccc(NC(=O)C(C)(C)c3ccccc3)cc2)CC1. The Morgan fingerprint density at radius 2 is 1.57 bits per heavy atom. The monoisotopic (exact) mass is 400 g/mol. The highest BCUT2D eigenvalue weighted by Gasteiger charge is 2.30. The Bertz CT molecular complexity index is 914. The lowest BCUT2D eigenvalue weighted by Crippen LogP contribution is -2.37. The van der Waals surface area contributed by atoms with Crippen molar-refractivity contribution in [3.05, 3.63) is 60.2 Å². The summed E-state index contributed by atoms with van der Waals surface area (Å²) >= 11 is 0. The molecule has 0 aromatic heterocycles. The Kier molecular flexibility index (Phi) is 5.91. The quantitative estimate of drug-likeness (QED) is 0.824. The first kappa shape index (κ1) is 20.6. The summed E-state index contributed by atoms with van der Waals surface area (Å²) in [6.45, 7) is 7.01. The van der Waals surface area contributed by atoms with Gasteiger partial charge in [0.15, 0.2) is 0 Å². The molecule has 1 N–H and O–H groups in total. The van der Waals surface area contributed by atoms with Gasteiger partial charge in [0.05, 0.1) is 10.3 Å². The third-order valence-corrected chi connectivity index (χ3v) is 7.47. The summed E-state index contributed by atoms with van der Waals surface area (Å²) in [6, 6.07) is 16.0. The molecule has 0 atom stereocenters. The van der Waals surface area contributed by atoms with Crippen molar-refractivity contribution in [3.8, 4) is 0 Å². The topological polar surface area (TPSA) is 66.5 Å². The molecule has 0 spiro atoms. The lowest BCUT2D eigenvalue weighted by atomic mass is 9.83. The molecule has 5 nitrogen and oxygen atoms in total. The van der Waals surface area contributed by atoms with Crippen molar-refractivity contribution < 1.29 is 13.2 Å². The molecule has 0 unspecified atom stereocenters. The number of anilines is 1.